The molecule has 0 atom stereocenters. The first-order valence-electron chi connectivity index (χ1n) is 3.97. The Hall–Kier alpha value is 0.170. The highest BCUT2D eigenvalue weighted by Crippen LogP contribution is 1.92. The van der Waals surface area contributed by atoms with Crippen molar-refractivity contribution in [3.05, 3.63) is 0 Å². The fourth-order valence-corrected chi connectivity index (χ4v) is 1.23. The maximum Gasteiger partial charge on any atom is 0.0443 e. The van der Waals surface area contributed by atoms with Gasteiger partial charge in [0, 0.05) is 39.3 Å². The van der Waals surface area contributed by atoms with E-state index in [1.54, 1.807) is 0 Å². The number of nitrogens with one attached hydrogen (secondary N) is 1. The molecule has 0 aliphatic carbocycles. The fourth-order valence-electron chi connectivity index (χ4n) is 1.23. The highest BCUT2D eigenvalue weighted by atomic mass is 35.5. The van der Waals surface area contributed by atoms with Gasteiger partial charge in [-0.1, -0.05) is 0 Å². The summed E-state index contributed by atoms with van der Waals surface area (Å²) in [4.78, 5) is 2.38. The van der Waals surface area contributed by atoms with E-state index in [1.807, 2.05) is 0 Å². The molecule has 4 heteroatoms. The molecule has 2 N–H and O–H groups in total. The van der Waals surface area contributed by atoms with Crippen LogP contribution in [0.3, 0.4) is 0 Å². The van der Waals surface area contributed by atoms with E-state index in [-0.39, 0.29) is 12.4 Å². The van der Waals surface area contributed by atoms with Crippen LogP contribution in [0.2, 0.25) is 0 Å². The fraction of sp³-hybridized carbons (Fsp3) is 1.00. The third-order valence-electron chi connectivity index (χ3n) is 1.84. The molecule has 1 fully saturated rings. The summed E-state index contributed by atoms with van der Waals surface area (Å²) < 4.78 is 0. The lowest BCUT2D eigenvalue weighted by molar-refractivity contribution is 0.206. The molecule has 3 nitrogen and oxygen atoms in total. The molecule has 0 bridgehead atoms. The van der Waals surface area contributed by atoms with Crippen LogP contribution in [0.1, 0.15) is 6.42 Å². The SMILES string of the molecule is Cl.OCCCN1CCNCC1. The van der Waals surface area contributed by atoms with Crippen molar-refractivity contribution in [1.29, 1.82) is 0 Å². The predicted octanol–water partition coefficient (Wildman–Crippen LogP) is -0.304. The van der Waals surface area contributed by atoms with Crippen LogP contribution in [0.15, 0.2) is 0 Å². The van der Waals surface area contributed by atoms with E-state index in [0.717, 1.165) is 39.1 Å². The van der Waals surface area contributed by atoms with E-state index >= 15 is 0 Å². The van der Waals surface area contributed by atoms with E-state index in [4.69, 9.17) is 5.11 Å². The van der Waals surface area contributed by atoms with E-state index < -0.39 is 0 Å². The lowest BCUT2D eigenvalue weighted by Crippen LogP contribution is -2.43. The van der Waals surface area contributed by atoms with Gasteiger partial charge < -0.3 is 15.3 Å². The number of aliphatic hydroxyl groups excluding tert-OH is 1. The van der Waals surface area contributed by atoms with Crippen molar-refractivity contribution in [2.75, 3.05) is 39.3 Å². The minimum Gasteiger partial charge on any atom is -0.396 e. The summed E-state index contributed by atoms with van der Waals surface area (Å²) in [7, 11) is 0. The van der Waals surface area contributed by atoms with Crippen LogP contribution in [0, 0.1) is 0 Å². The molecular formula is C7H17ClN2O. The Morgan fingerprint density at radius 3 is 2.45 bits per heavy atom. The van der Waals surface area contributed by atoms with Crippen molar-refractivity contribution in [3.8, 4) is 0 Å². The first kappa shape index (κ1) is 11.2. The molecule has 1 heterocycles. The molecular weight excluding hydrogens is 164 g/mol. The molecule has 0 aromatic heterocycles. The summed E-state index contributed by atoms with van der Waals surface area (Å²) in [5.41, 5.74) is 0. The van der Waals surface area contributed by atoms with Crippen molar-refractivity contribution < 1.29 is 5.11 Å². The summed E-state index contributed by atoms with van der Waals surface area (Å²) in [6.07, 6.45) is 0.917. The lowest BCUT2D eigenvalue weighted by atomic mass is 10.3. The first-order chi connectivity index (χ1) is 4.93. The number of hydrogen-bond acceptors (Lipinski definition) is 3. The molecule has 0 radical (unpaired) electrons. The van der Waals surface area contributed by atoms with Crippen LogP contribution in [0.5, 0.6) is 0 Å². The molecule has 1 aliphatic heterocycles. The average Bonchev–Trinajstić information content (AvgIpc) is 2.03. The highest BCUT2D eigenvalue weighted by molar-refractivity contribution is 5.85. The maximum atomic E-state index is 8.55. The van der Waals surface area contributed by atoms with Gasteiger partial charge in [-0.3, -0.25) is 0 Å². The van der Waals surface area contributed by atoms with E-state index in [9.17, 15) is 0 Å². The van der Waals surface area contributed by atoms with Gasteiger partial charge in [-0.2, -0.15) is 0 Å². The third-order valence-corrected chi connectivity index (χ3v) is 1.84. The molecule has 1 rings (SSSR count). The Morgan fingerprint density at radius 2 is 1.91 bits per heavy atom. The monoisotopic (exact) mass is 180 g/mol. The molecule has 0 spiro atoms. The van der Waals surface area contributed by atoms with Crippen molar-refractivity contribution in [3.63, 3.8) is 0 Å². The smallest absolute Gasteiger partial charge is 0.0443 e. The Kier molecular flexibility index (Phi) is 6.96. The Balaban J connectivity index is 0.000001000. The first-order valence-corrected chi connectivity index (χ1v) is 3.97. The van der Waals surface area contributed by atoms with Gasteiger partial charge in [0.2, 0.25) is 0 Å². The van der Waals surface area contributed by atoms with Crippen LogP contribution in [0.25, 0.3) is 0 Å². The second-order valence-electron chi connectivity index (χ2n) is 2.67. The molecule has 11 heavy (non-hydrogen) atoms. The van der Waals surface area contributed by atoms with Gasteiger partial charge in [-0.15, -0.1) is 12.4 Å². The van der Waals surface area contributed by atoms with Crippen molar-refractivity contribution >= 4 is 12.4 Å². The minimum absolute atomic E-state index is 0. The Bertz CT molecular complexity index is 86.5. The molecule has 1 saturated heterocycles. The maximum absolute atomic E-state index is 8.55. The summed E-state index contributed by atoms with van der Waals surface area (Å²) >= 11 is 0. The van der Waals surface area contributed by atoms with Gasteiger partial charge in [-0.25, -0.2) is 0 Å². The van der Waals surface area contributed by atoms with Crippen molar-refractivity contribution in [2.45, 2.75) is 6.42 Å². The topological polar surface area (TPSA) is 35.5 Å². The lowest BCUT2D eigenvalue weighted by Gasteiger charge is -2.26. The number of piperazine rings is 1. The normalized spacial score (nSPS) is 19.4. The highest BCUT2D eigenvalue weighted by Gasteiger charge is 2.07. The van der Waals surface area contributed by atoms with Crippen molar-refractivity contribution in [2.24, 2.45) is 0 Å². The number of rotatable bonds is 3. The van der Waals surface area contributed by atoms with Crippen LogP contribution >= 0.6 is 12.4 Å². The van der Waals surface area contributed by atoms with Gasteiger partial charge in [0.25, 0.3) is 0 Å². The Labute approximate surface area is 74.2 Å². The average molecular weight is 181 g/mol. The number of nitrogens with zero attached hydrogens (tertiary/aromatic N) is 1. The van der Waals surface area contributed by atoms with Gasteiger partial charge in [0.15, 0.2) is 0 Å². The molecule has 0 aromatic carbocycles. The summed E-state index contributed by atoms with van der Waals surface area (Å²) in [6, 6.07) is 0. The predicted molar refractivity (Wildman–Crippen MR) is 48.3 cm³/mol. The third kappa shape index (κ3) is 4.58. The summed E-state index contributed by atoms with van der Waals surface area (Å²) in [6.45, 7) is 5.86. The molecule has 0 unspecified atom stereocenters. The molecule has 68 valence electrons. The minimum atomic E-state index is 0. The summed E-state index contributed by atoms with van der Waals surface area (Å²) in [5, 5.41) is 11.8. The van der Waals surface area contributed by atoms with Crippen LogP contribution in [0.4, 0.5) is 0 Å². The van der Waals surface area contributed by atoms with Gasteiger partial charge in [0.05, 0.1) is 0 Å². The zero-order valence-corrected chi connectivity index (χ0v) is 7.57. The standard InChI is InChI=1S/C7H16N2O.ClH/c10-7-1-4-9-5-2-8-3-6-9;/h8,10H,1-7H2;1H. The largest absolute Gasteiger partial charge is 0.396 e. The van der Waals surface area contributed by atoms with E-state index in [2.05, 4.69) is 10.2 Å². The quantitative estimate of drug-likeness (QED) is 0.626. The zero-order valence-electron chi connectivity index (χ0n) is 6.75. The molecule has 1 aliphatic rings. The number of aliphatic hydroxyl groups is 1. The number of halogens is 1. The molecule has 0 amide bonds. The second kappa shape index (κ2) is 6.85. The van der Waals surface area contributed by atoms with Gasteiger partial charge in [0.1, 0.15) is 0 Å². The summed E-state index contributed by atoms with van der Waals surface area (Å²) in [5.74, 6) is 0. The Morgan fingerprint density at radius 1 is 1.27 bits per heavy atom. The van der Waals surface area contributed by atoms with E-state index in [0.29, 0.717) is 6.61 Å². The zero-order chi connectivity index (χ0) is 7.23. The second-order valence-corrected chi connectivity index (χ2v) is 2.67. The van der Waals surface area contributed by atoms with Crippen LogP contribution in [-0.4, -0.2) is 49.3 Å². The molecule has 0 saturated carbocycles. The molecule has 0 aromatic rings. The van der Waals surface area contributed by atoms with Gasteiger partial charge in [-0.05, 0) is 6.42 Å². The van der Waals surface area contributed by atoms with Crippen LogP contribution in [-0.2, 0) is 0 Å². The van der Waals surface area contributed by atoms with Gasteiger partial charge >= 0.3 is 0 Å². The van der Waals surface area contributed by atoms with E-state index in [1.165, 1.54) is 0 Å². The number of hydrogen-bond donors (Lipinski definition) is 2. The van der Waals surface area contributed by atoms with Crippen molar-refractivity contribution in [1.82, 2.24) is 10.2 Å². The van der Waals surface area contributed by atoms with Crippen LogP contribution < -0.4 is 5.32 Å².